The number of benzene rings is 2. The highest BCUT2D eigenvalue weighted by Crippen LogP contribution is 2.24. The number of sulfonamides is 1. The maximum absolute atomic E-state index is 12.4. The number of carbonyl (C=O) groups excluding carboxylic acids is 1. The number of rotatable bonds is 3. The number of fused-ring (bicyclic) bond motifs is 1. The molecule has 0 aliphatic rings. The molecule has 8 heteroatoms. The van der Waals surface area contributed by atoms with Crippen molar-refractivity contribution in [1.82, 2.24) is 4.72 Å². The van der Waals surface area contributed by atoms with Crippen LogP contribution in [0.3, 0.4) is 0 Å². The van der Waals surface area contributed by atoms with Gasteiger partial charge < -0.3 is 9.73 Å². The minimum absolute atomic E-state index is 0.0137. The summed E-state index contributed by atoms with van der Waals surface area (Å²) in [6, 6.07) is 10.0. The summed E-state index contributed by atoms with van der Waals surface area (Å²) in [5, 5.41) is 3.59. The lowest BCUT2D eigenvalue weighted by Crippen LogP contribution is -2.34. The van der Waals surface area contributed by atoms with Crippen LogP contribution in [0.2, 0.25) is 5.02 Å². The van der Waals surface area contributed by atoms with Gasteiger partial charge in [0.05, 0.1) is 11.2 Å². The standard InChI is InChI=1S/C16H13ClN2O4S/c1-10-8-14(9-11-6-7-23-15(10)11)24(21,22)19-16(20)18-13-4-2-12(17)3-5-13/h2-9H,1H3,(H2,18,19,20). The molecule has 1 heterocycles. The molecule has 6 nitrogen and oxygen atoms in total. The predicted octanol–water partition coefficient (Wildman–Crippen LogP) is 3.91. The van der Waals surface area contributed by atoms with Crippen LogP contribution in [-0.2, 0) is 10.0 Å². The topological polar surface area (TPSA) is 88.4 Å². The first kappa shape index (κ1) is 16.4. The van der Waals surface area contributed by atoms with Gasteiger partial charge in [0.25, 0.3) is 10.0 Å². The molecule has 2 aromatic carbocycles. The van der Waals surface area contributed by atoms with Gasteiger partial charge in [-0.2, -0.15) is 0 Å². The third-order valence-corrected chi connectivity index (χ3v) is 4.91. The molecule has 0 fully saturated rings. The van der Waals surface area contributed by atoms with Crippen molar-refractivity contribution in [2.24, 2.45) is 0 Å². The number of hydrogen-bond acceptors (Lipinski definition) is 4. The average molecular weight is 365 g/mol. The van der Waals surface area contributed by atoms with E-state index in [0.29, 0.717) is 27.2 Å². The third kappa shape index (κ3) is 3.37. The first-order valence-electron chi connectivity index (χ1n) is 6.92. The summed E-state index contributed by atoms with van der Waals surface area (Å²) in [6.45, 7) is 1.73. The average Bonchev–Trinajstić information content (AvgIpc) is 2.98. The van der Waals surface area contributed by atoms with Crippen LogP contribution < -0.4 is 10.0 Å². The van der Waals surface area contributed by atoms with Crippen LogP contribution in [0.25, 0.3) is 11.0 Å². The van der Waals surface area contributed by atoms with Gasteiger partial charge in [-0.1, -0.05) is 11.6 Å². The smallest absolute Gasteiger partial charge is 0.333 e. The highest BCUT2D eigenvalue weighted by Gasteiger charge is 2.19. The van der Waals surface area contributed by atoms with E-state index in [1.54, 1.807) is 37.3 Å². The Bertz CT molecular complexity index is 1010. The van der Waals surface area contributed by atoms with E-state index >= 15 is 0 Å². The molecule has 0 unspecified atom stereocenters. The van der Waals surface area contributed by atoms with Gasteiger partial charge in [-0.3, -0.25) is 0 Å². The third-order valence-electron chi connectivity index (χ3n) is 3.35. The molecule has 0 radical (unpaired) electrons. The fraction of sp³-hybridized carbons (Fsp3) is 0.0625. The molecule has 0 aliphatic heterocycles. The Balaban J connectivity index is 1.81. The van der Waals surface area contributed by atoms with Crippen molar-refractivity contribution in [2.75, 3.05) is 5.32 Å². The highest BCUT2D eigenvalue weighted by molar-refractivity contribution is 7.90. The normalized spacial score (nSPS) is 11.4. The van der Waals surface area contributed by atoms with Crippen LogP contribution in [0.1, 0.15) is 5.56 Å². The lowest BCUT2D eigenvalue weighted by atomic mass is 10.2. The fourth-order valence-electron chi connectivity index (χ4n) is 2.25. The van der Waals surface area contributed by atoms with Crippen molar-refractivity contribution in [3.63, 3.8) is 0 Å². The summed E-state index contributed by atoms with van der Waals surface area (Å²) in [7, 11) is -4.01. The number of carbonyl (C=O) groups is 1. The molecule has 1 aromatic heterocycles. The Kier molecular flexibility index (Phi) is 4.21. The Morgan fingerprint density at radius 1 is 1.12 bits per heavy atom. The van der Waals surface area contributed by atoms with Crippen LogP contribution >= 0.6 is 11.6 Å². The van der Waals surface area contributed by atoms with Crippen LogP contribution in [0.5, 0.6) is 0 Å². The molecule has 0 bridgehead atoms. The molecule has 24 heavy (non-hydrogen) atoms. The zero-order valence-corrected chi connectivity index (χ0v) is 14.1. The second-order valence-electron chi connectivity index (χ2n) is 5.15. The molecule has 2 amide bonds. The Labute approximate surface area is 143 Å². The molecular weight excluding hydrogens is 352 g/mol. The van der Waals surface area contributed by atoms with Gasteiger partial charge in [0, 0.05) is 16.1 Å². The predicted molar refractivity (Wildman–Crippen MR) is 91.7 cm³/mol. The van der Waals surface area contributed by atoms with Gasteiger partial charge in [0.2, 0.25) is 0 Å². The molecule has 2 N–H and O–H groups in total. The Morgan fingerprint density at radius 2 is 1.83 bits per heavy atom. The van der Waals surface area contributed by atoms with E-state index in [9.17, 15) is 13.2 Å². The Morgan fingerprint density at radius 3 is 2.54 bits per heavy atom. The number of urea groups is 1. The summed E-state index contributed by atoms with van der Waals surface area (Å²) in [6.07, 6.45) is 1.48. The maximum atomic E-state index is 12.4. The van der Waals surface area contributed by atoms with Crippen LogP contribution in [0, 0.1) is 6.92 Å². The summed E-state index contributed by atoms with van der Waals surface area (Å²) >= 11 is 5.76. The lowest BCUT2D eigenvalue weighted by Gasteiger charge is -2.09. The number of aryl methyl sites for hydroxylation is 1. The Hall–Kier alpha value is -2.51. The van der Waals surface area contributed by atoms with Gasteiger partial charge in [-0.15, -0.1) is 0 Å². The van der Waals surface area contributed by atoms with E-state index < -0.39 is 16.1 Å². The minimum Gasteiger partial charge on any atom is -0.464 e. The zero-order valence-electron chi connectivity index (χ0n) is 12.5. The number of hydrogen-bond donors (Lipinski definition) is 2. The molecule has 0 saturated heterocycles. The first-order chi connectivity index (χ1) is 11.3. The fourth-order valence-corrected chi connectivity index (χ4v) is 3.41. The number of nitrogens with one attached hydrogen (secondary N) is 2. The second kappa shape index (κ2) is 6.18. The molecule has 0 aliphatic carbocycles. The van der Waals surface area contributed by atoms with E-state index in [1.165, 1.54) is 18.4 Å². The number of furan rings is 1. The van der Waals surface area contributed by atoms with Crippen LogP contribution in [0.15, 0.2) is 58.0 Å². The molecule has 0 saturated carbocycles. The van der Waals surface area contributed by atoms with E-state index in [4.69, 9.17) is 16.0 Å². The zero-order chi connectivity index (χ0) is 17.3. The van der Waals surface area contributed by atoms with E-state index in [1.807, 2.05) is 4.72 Å². The first-order valence-corrected chi connectivity index (χ1v) is 8.78. The quantitative estimate of drug-likeness (QED) is 0.737. The van der Waals surface area contributed by atoms with Crippen molar-refractivity contribution >= 4 is 44.3 Å². The number of halogens is 1. The summed E-state index contributed by atoms with van der Waals surface area (Å²) < 4.78 is 32.0. The highest BCUT2D eigenvalue weighted by atomic mass is 35.5. The molecule has 0 spiro atoms. The minimum atomic E-state index is -4.01. The van der Waals surface area contributed by atoms with Crippen LogP contribution in [0.4, 0.5) is 10.5 Å². The van der Waals surface area contributed by atoms with Crippen molar-refractivity contribution in [3.05, 3.63) is 59.3 Å². The molecule has 3 aromatic rings. The van der Waals surface area contributed by atoms with Gasteiger partial charge in [-0.05, 0) is 55.0 Å². The van der Waals surface area contributed by atoms with Gasteiger partial charge in [0.1, 0.15) is 5.58 Å². The van der Waals surface area contributed by atoms with Crippen molar-refractivity contribution in [3.8, 4) is 0 Å². The van der Waals surface area contributed by atoms with Gasteiger partial charge in [-0.25, -0.2) is 17.9 Å². The maximum Gasteiger partial charge on any atom is 0.333 e. The lowest BCUT2D eigenvalue weighted by molar-refractivity contribution is 0.256. The molecular formula is C16H13ClN2O4S. The summed E-state index contributed by atoms with van der Waals surface area (Å²) in [4.78, 5) is 11.9. The van der Waals surface area contributed by atoms with E-state index in [2.05, 4.69) is 5.32 Å². The van der Waals surface area contributed by atoms with E-state index in [-0.39, 0.29) is 4.90 Å². The second-order valence-corrected chi connectivity index (χ2v) is 7.26. The summed E-state index contributed by atoms with van der Waals surface area (Å²) in [5.74, 6) is 0. The molecule has 124 valence electrons. The van der Waals surface area contributed by atoms with Crippen molar-refractivity contribution in [2.45, 2.75) is 11.8 Å². The monoisotopic (exact) mass is 364 g/mol. The van der Waals surface area contributed by atoms with Gasteiger partial charge in [0.15, 0.2) is 0 Å². The number of amides is 2. The molecule has 0 atom stereocenters. The van der Waals surface area contributed by atoms with E-state index in [0.717, 1.165) is 0 Å². The number of anilines is 1. The van der Waals surface area contributed by atoms with Gasteiger partial charge >= 0.3 is 6.03 Å². The largest absolute Gasteiger partial charge is 0.464 e. The SMILES string of the molecule is Cc1cc(S(=O)(=O)NC(=O)Nc2ccc(Cl)cc2)cc2ccoc12. The summed E-state index contributed by atoms with van der Waals surface area (Å²) in [5.41, 5.74) is 1.70. The van der Waals surface area contributed by atoms with Crippen molar-refractivity contribution < 1.29 is 17.6 Å². The molecule has 3 rings (SSSR count). The van der Waals surface area contributed by atoms with Crippen molar-refractivity contribution in [1.29, 1.82) is 0 Å². The van der Waals surface area contributed by atoms with Crippen LogP contribution in [-0.4, -0.2) is 14.4 Å².